The van der Waals surface area contributed by atoms with Gasteiger partial charge in [-0.15, -0.1) is 0 Å². The quantitative estimate of drug-likeness (QED) is 0.826. The third-order valence-electron chi connectivity index (χ3n) is 2.92. The van der Waals surface area contributed by atoms with Crippen LogP contribution in [-0.2, 0) is 6.54 Å². The van der Waals surface area contributed by atoms with Gasteiger partial charge in [0.05, 0.1) is 0 Å². The van der Waals surface area contributed by atoms with E-state index in [0.717, 1.165) is 19.4 Å². The predicted molar refractivity (Wildman–Crippen MR) is 63.0 cm³/mol. The van der Waals surface area contributed by atoms with Crippen LogP contribution in [0, 0.1) is 5.82 Å². The van der Waals surface area contributed by atoms with Crippen molar-refractivity contribution < 1.29 is 4.39 Å². The number of pyridine rings is 1. The summed E-state index contributed by atoms with van der Waals surface area (Å²) in [4.78, 5) is 6.24. The van der Waals surface area contributed by atoms with Gasteiger partial charge in [0.25, 0.3) is 0 Å². The fourth-order valence-corrected chi connectivity index (χ4v) is 1.97. The zero-order valence-electron chi connectivity index (χ0n) is 9.83. The van der Waals surface area contributed by atoms with Crippen molar-refractivity contribution in [2.75, 3.05) is 18.5 Å². The first-order chi connectivity index (χ1) is 7.77. The maximum atomic E-state index is 14.1. The van der Waals surface area contributed by atoms with E-state index >= 15 is 0 Å². The van der Waals surface area contributed by atoms with Gasteiger partial charge in [-0.05, 0) is 32.9 Å². The number of nitrogens with one attached hydrogen (secondary N) is 1. The molecule has 0 spiro atoms. The molecule has 1 aliphatic rings. The second kappa shape index (κ2) is 4.78. The molecule has 1 saturated carbocycles. The summed E-state index contributed by atoms with van der Waals surface area (Å²) >= 11 is 0. The second-order valence-electron chi connectivity index (χ2n) is 4.16. The van der Waals surface area contributed by atoms with Gasteiger partial charge in [0.1, 0.15) is 0 Å². The molecule has 1 aliphatic carbocycles. The van der Waals surface area contributed by atoms with Crippen LogP contribution in [0.3, 0.4) is 0 Å². The van der Waals surface area contributed by atoms with Gasteiger partial charge >= 0.3 is 0 Å². The highest BCUT2D eigenvalue weighted by Crippen LogP contribution is 2.32. The lowest BCUT2D eigenvalue weighted by atomic mass is 10.2. The largest absolute Gasteiger partial charge is 0.351 e. The molecule has 0 atom stereocenters. The summed E-state index contributed by atoms with van der Waals surface area (Å²) < 4.78 is 14.1. The molecule has 1 N–H and O–H groups in total. The van der Waals surface area contributed by atoms with Crippen LogP contribution < -0.4 is 10.2 Å². The maximum absolute atomic E-state index is 14.1. The Morgan fingerprint density at radius 3 is 2.88 bits per heavy atom. The first-order valence-electron chi connectivity index (χ1n) is 5.82. The van der Waals surface area contributed by atoms with Crippen molar-refractivity contribution in [2.24, 2.45) is 0 Å². The van der Waals surface area contributed by atoms with Gasteiger partial charge in [0.2, 0.25) is 0 Å². The van der Waals surface area contributed by atoms with Crippen molar-refractivity contribution in [2.45, 2.75) is 32.4 Å². The molecule has 4 heteroatoms. The molecule has 16 heavy (non-hydrogen) atoms. The van der Waals surface area contributed by atoms with Gasteiger partial charge in [0, 0.05) is 30.9 Å². The standard InChI is InChI=1S/C12H18FN3/c1-3-16(10-4-5-10)12-11(13)9(8-14-2)6-7-15-12/h6-7,10,14H,3-5,8H2,1-2H3. The summed E-state index contributed by atoms with van der Waals surface area (Å²) in [5.41, 5.74) is 0.687. The van der Waals surface area contributed by atoms with Gasteiger partial charge in [-0.3, -0.25) is 0 Å². The Morgan fingerprint density at radius 1 is 1.56 bits per heavy atom. The lowest BCUT2D eigenvalue weighted by Gasteiger charge is -2.22. The summed E-state index contributed by atoms with van der Waals surface area (Å²) in [6.07, 6.45) is 4.01. The van der Waals surface area contributed by atoms with Gasteiger partial charge in [-0.1, -0.05) is 0 Å². The number of rotatable bonds is 5. The van der Waals surface area contributed by atoms with E-state index in [0.29, 0.717) is 24.0 Å². The van der Waals surface area contributed by atoms with Gasteiger partial charge in [0.15, 0.2) is 11.6 Å². The van der Waals surface area contributed by atoms with E-state index in [1.165, 1.54) is 0 Å². The molecule has 88 valence electrons. The zero-order chi connectivity index (χ0) is 11.5. The van der Waals surface area contributed by atoms with E-state index in [9.17, 15) is 4.39 Å². The molecule has 3 nitrogen and oxygen atoms in total. The topological polar surface area (TPSA) is 28.2 Å². The molecule has 0 bridgehead atoms. The first kappa shape index (κ1) is 11.3. The molecule has 1 heterocycles. The van der Waals surface area contributed by atoms with E-state index in [-0.39, 0.29) is 5.82 Å². The molecule has 0 aliphatic heterocycles. The average Bonchev–Trinajstić information content (AvgIpc) is 3.09. The van der Waals surface area contributed by atoms with Crippen molar-refractivity contribution in [1.29, 1.82) is 0 Å². The van der Waals surface area contributed by atoms with E-state index in [1.807, 2.05) is 14.0 Å². The SMILES string of the molecule is CCN(c1nccc(CNC)c1F)C1CC1. The fourth-order valence-electron chi connectivity index (χ4n) is 1.97. The maximum Gasteiger partial charge on any atom is 0.170 e. The highest BCUT2D eigenvalue weighted by atomic mass is 19.1. The van der Waals surface area contributed by atoms with Crippen LogP contribution in [0.2, 0.25) is 0 Å². The van der Waals surface area contributed by atoms with Crippen LogP contribution in [-0.4, -0.2) is 24.6 Å². The Bertz CT molecular complexity index is 363. The molecule has 2 rings (SSSR count). The molecular formula is C12H18FN3. The van der Waals surface area contributed by atoms with E-state index in [1.54, 1.807) is 12.3 Å². The van der Waals surface area contributed by atoms with Crippen molar-refractivity contribution in [3.63, 3.8) is 0 Å². The molecule has 0 amide bonds. The molecule has 1 aromatic rings. The van der Waals surface area contributed by atoms with Crippen molar-refractivity contribution in [3.05, 3.63) is 23.6 Å². The lowest BCUT2D eigenvalue weighted by molar-refractivity contribution is 0.585. The zero-order valence-corrected chi connectivity index (χ0v) is 9.83. The predicted octanol–water partition coefficient (Wildman–Crippen LogP) is 1.93. The van der Waals surface area contributed by atoms with Crippen LogP contribution in [0.5, 0.6) is 0 Å². The van der Waals surface area contributed by atoms with Gasteiger partial charge in [-0.25, -0.2) is 9.37 Å². The Hall–Kier alpha value is -1.16. The third-order valence-corrected chi connectivity index (χ3v) is 2.92. The van der Waals surface area contributed by atoms with Crippen LogP contribution in [0.4, 0.5) is 10.2 Å². The number of halogens is 1. The molecule has 0 unspecified atom stereocenters. The number of nitrogens with zero attached hydrogens (tertiary/aromatic N) is 2. The number of hydrogen-bond acceptors (Lipinski definition) is 3. The molecule has 0 radical (unpaired) electrons. The van der Waals surface area contributed by atoms with Crippen molar-refractivity contribution >= 4 is 5.82 Å². The number of hydrogen-bond donors (Lipinski definition) is 1. The monoisotopic (exact) mass is 223 g/mol. The van der Waals surface area contributed by atoms with Gasteiger partial charge < -0.3 is 10.2 Å². The van der Waals surface area contributed by atoms with Gasteiger partial charge in [-0.2, -0.15) is 0 Å². The van der Waals surface area contributed by atoms with Crippen LogP contribution in [0.25, 0.3) is 0 Å². The van der Waals surface area contributed by atoms with E-state index < -0.39 is 0 Å². The second-order valence-corrected chi connectivity index (χ2v) is 4.16. The summed E-state index contributed by atoms with van der Waals surface area (Å²) in [6.45, 7) is 3.41. The Labute approximate surface area is 95.7 Å². The summed E-state index contributed by atoms with van der Waals surface area (Å²) in [5, 5.41) is 2.97. The van der Waals surface area contributed by atoms with Crippen molar-refractivity contribution in [3.8, 4) is 0 Å². The first-order valence-corrected chi connectivity index (χ1v) is 5.82. The number of anilines is 1. The third kappa shape index (κ3) is 2.16. The molecular weight excluding hydrogens is 205 g/mol. The minimum atomic E-state index is -0.175. The minimum Gasteiger partial charge on any atom is -0.351 e. The van der Waals surface area contributed by atoms with E-state index in [4.69, 9.17) is 0 Å². The fraction of sp³-hybridized carbons (Fsp3) is 0.583. The summed E-state index contributed by atoms with van der Waals surface area (Å²) in [6, 6.07) is 2.23. The molecule has 0 saturated heterocycles. The Kier molecular flexibility index (Phi) is 3.39. The van der Waals surface area contributed by atoms with Crippen LogP contribution >= 0.6 is 0 Å². The average molecular weight is 223 g/mol. The lowest BCUT2D eigenvalue weighted by Crippen LogP contribution is -2.27. The smallest absolute Gasteiger partial charge is 0.170 e. The normalized spacial score (nSPS) is 15.2. The summed E-state index contributed by atoms with van der Waals surface area (Å²) in [7, 11) is 1.82. The molecule has 1 aromatic heterocycles. The Morgan fingerprint density at radius 2 is 2.31 bits per heavy atom. The summed E-state index contributed by atoms with van der Waals surface area (Å²) in [5.74, 6) is 0.336. The highest BCUT2D eigenvalue weighted by Gasteiger charge is 2.30. The molecule has 1 fully saturated rings. The Balaban J connectivity index is 2.28. The van der Waals surface area contributed by atoms with Crippen LogP contribution in [0.15, 0.2) is 12.3 Å². The minimum absolute atomic E-state index is 0.175. The number of aromatic nitrogens is 1. The van der Waals surface area contributed by atoms with Crippen LogP contribution in [0.1, 0.15) is 25.3 Å². The molecule has 0 aromatic carbocycles. The highest BCUT2D eigenvalue weighted by molar-refractivity contribution is 5.45. The van der Waals surface area contributed by atoms with E-state index in [2.05, 4.69) is 15.2 Å². The van der Waals surface area contributed by atoms with Crippen molar-refractivity contribution in [1.82, 2.24) is 10.3 Å².